The number of rotatable bonds is 4. The molecule has 1 N–H and O–H groups in total. The minimum absolute atomic E-state index is 0.000941. The lowest BCUT2D eigenvalue weighted by Gasteiger charge is -2.32. The van der Waals surface area contributed by atoms with Gasteiger partial charge in [0.15, 0.2) is 5.82 Å². The van der Waals surface area contributed by atoms with Gasteiger partial charge in [0.1, 0.15) is 11.4 Å². The van der Waals surface area contributed by atoms with Gasteiger partial charge in [0.2, 0.25) is 5.91 Å². The van der Waals surface area contributed by atoms with Crippen molar-refractivity contribution in [2.45, 2.75) is 25.9 Å². The lowest BCUT2D eigenvalue weighted by atomic mass is 9.95. The molecule has 0 unspecified atom stereocenters. The third kappa shape index (κ3) is 4.61. The molecule has 0 bridgehead atoms. The molecule has 1 saturated heterocycles. The lowest BCUT2D eigenvalue weighted by molar-refractivity contribution is -0.384. The number of aromatic nitrogens is 1. The van der Waals surface area contributed by atoms with E-state index in [2.05, 4.69) is 10.5 Å². The third-order valence-electron chi connectivity index (χ3n) is 4.65. The highest BCUT2D eigenvalue weighted by Crippen LogP contribution is 2.42. The number of nitro benzene ring substituents is 1. The molecule has 1 amide bonds. The molecule has 156 valence electrons. The van der Waals surface area contributed by atoms with Gasteiger partial charge >= 0.3 is 6.18 Å². The number of carbonyl (C=O) groups is 1. The Hall–Kier alpha value is -2.82. The molecule has 12 heteroatoms. The van der Waals surface area contributed by atoms with E-state index < -0.39 is 27.4 Å². The van der Waals surface area contributed by atoms with Gasteiger partial charge in [-0.25, -0.2) is 0 Å². The molecular weight excluding hydrogens is 417 g/mol. The number of nitro groups is 1. The summed E-state index contributed by atoms with van der Waals surface area (Å²) in [6.45, 7) is 2.18. The second-order valence-electron chi connectivity index (χ2n) is 6.65. The Morgan fingerprint density at radius 2 is 2.00 bits per heavy atom. The second-order valence-corrected chi connectivity index (χ2v) is 7.06. The number of benzene rings is 1. The molecule has 0 aliphatic carbocycles. The summed E-state index contributed by atoms with van der Waals surface area (Å²) in [4.78, 5) is 24.4. The first-order chi connectivity index (χ1) is 13.6. The molecular formula is C17H16ClF3N4O4. The molecule has 0 atom stereocenters. The van der Waals surface area contributed by atoms with Crippen molar-refractivity contribution in [3.63, 3.8) is 0 Å². The van der Waals surface area contributed by atoms with Crippen LogP contribution in [0.5, 0.6) is 0 Å². The number of alkyl halides is 3. The maximum atomic E-state index is 13.0. The zero-order valence-electron chi connectivity index (χ0n) is 15.1. The summed E-state index contributed by atoms with van der Waals surface area (Å²) in [7, 11) is 0. The molecule has 0 radical (unpaired) electrons. The molecule has 2 aromatic rings. The number of nitrogens with zero attached hydrogens (tertiary/aromatic N) is 3. The van der Waals surface area contributed by atoms with Crippen LogP contribution in [0.15, 0.2) is 22.7 Å². The zero-order chi connectivity index (χ0) is 21.3. The van der Waals surface area contributed by atoms with Gasteiger partial charge < -0.3 is 14.7 Å². The van der Waals surface area contributed by atoms with Crippen molar-refractivity contribution < 1.29 is 27.4 Å². The minimum atomic E-state index is -4.80. The number of anilines is 2. The van der Waals surface area contributed by atoms with Crippen molar-refractivity contribution in [1.82, 2.24) is 5.16 Å². The Balaban J connectivity index is 1.74. The van der Waals surface area contributed by atoms with Crippen LogP contribution in [0.2, 0.25) is 5.02 Å². The fourth-order valence-electron chi connectivity index (χ4n) is 3.20. The minimum Gasteiger partial charge on any atom is -0.366 e. The first kappa shape index (κ1) is 20.9. The maximum Gasteiger partial charge on any atom is 0.418 e. The standard InChI is InChI=1S/C17H16ClF3N4O4/c1-9-6-15(23-29-9)22-16(26)10-2-4-24(5-3-10)13-8-12(18)11(17(19,20)21)7-14(13)25(27)28/h6-8,10H,2-5H2,1H3,(H,22,23,26). The Bertz CT molecular complexity index is 939. The molecule has 1 aromatic heterocycles. The number of nitrogens with one attached hydrogen (secondary N) is 1. The monoisotopic (exact) mass is 432 g/mol. The average molecular weight is 433 g/mol. The van der Waals surface area contributed by atoms with Gasteiger partial charge in [-0.2, -0.15) is 13.2 Å². The summed E-state index contributed by atoms with van der Waals surface area (Å²) in [5, 5.41) is 17.0. The third-order valence-corrected chi connectivity index (χ3v) is 4.96. The molecule has 0 saturated carbocycles. The van der Waals surface area contributed by atoms with Crippen LogP contribution < -0.4 is 10.2 Å². The van der Waals surface area contributed by atoms with Crippen molar-refractivity contribution in [3.05, 3.63) is 44.7 Å². The number of hydrogen-bond acceptors (Lipinski definition) is 6. The summed E-state index contributed by atoms with van der Waals surface area (Å²) in [6.07, 6.45) is -4.08. The quantitative estimate of drug-likeness (QED) is 0.567. The Labute approximate surface area is 167 Å². The van der Waals surface area contributed by atoms with Crippen LogP contribution in [0.3, 0.4) is 0 Å². The Morgan fingerprint density at radius 1 is 1.34 bits per heavy atom. The molecule has 2 heterocycles. The number of piperidine rings is 1. The molecule has 29 heavy (non-hydrogen) atoms. The van der Waals surface area contributed by atoms with Crippen molar-refractivity contribution in [3.8, 4) is 0 Å². The van der Waals surface area contributed by atoms with Crippen molar-refractivity contribution in [1.29, 1.82) is 0 Å². The molecule has 1 aliphatic rings. The summed E-state index contributed by atoms with van der Waals surface area (Å²) in [5.41, 5.74) is -1.94. The van der Waals surface area contributed by atoms with E-state index in [1.807, 2.05) is 0 Å². The fraction of sp³-hybridized carbons (Fsp3) is 0.412. The molecule has 1 fully saturated rings. The topological polar surface area (TPSA) is 102 Å². The highest BCUT2D eigenvalue weighted by molar-refractivity contribution is 6.31. The maximum absolute atomic E-state index is 13.0. The average Bonchev–Trinajstić information content (AvgIpc) is 3.05. The highest BCUT2D eigenvalue weighted by atomic mass is 35.5. The molecule has 1 aromatic carbocycles. The number of carbonyl (C=O) groups excluding carboxylic acids is 1. The summed E-state index contributed by atoms with van der Waals surface area (Å²) in [5.74, 6) is 0.201. The number of amides is 1. The highest BCUT2D eigenvalue weighted by Gasteiger charge is 2.37. The van der Waals surface area contributed by atoms with Gasteiger partial charge in [0, 0.05) is 31.1 Å². The second kappa shape index (κ2) is 7.90. The van der Waals surface area contributed by atoms with Gasteiger partial charge in [-0.3, -0.25) is 14.9 Å². The van der Waals surface area contributed by atoms with Gasteiger partial charge in [0.05, 0.1) is 15.5 Å². The van der Waals surface area contributed by atoms with E-state index in [9.17, 15) is 28.1 Å². The summed E-state index contributed by atoms with van der Waals surface area (Å²) >= 11 is 5.73. The van der Waals surface area contributed by atoms with E-state index in [1.165, 1.54) is 0 Å². The van der Waals surface area contributed by atoms with Gasteiger partial charge in [-0.1, -0.05) is 16.8 Å². The van der Waals surface area contributed by atoms with Crippen molar-refractivity contribution in [2.24, 2.45) is 5.92 Å². The predicted molar refractivity (Wildman–Crippen MR) is 97.9 cm³/mol. The van der Waals surface area contributed by atoms with Gasteiger partial charge in [-0.15, -0.1) is 0 Å². The number of halogens is 4. The van der Waals surface area contributed by atoms with Crippen LogP contribution >= 0.6 is 11.6 Å². The normalized spacial score (nSPS) is 15.4. The van der Waals surface area contributed by atoms with E-state index in [0.29, 0.717) is 30.5 Å². The Kier molecular flexibility index (Phi) is 5.69. The van der Waals surface area contributed by atoms with Crippen LogP contribution in [0.25, 0.3) is 0 Å². The largest absolute Gasteiger partial charge is 0.418 e. The van der Waals surface area contributed by atoms with E-state index >= 15 is 0 Å². The fourth-order valence-corrected chi connectivity index (χ4v) is 3.47. The van der Waals surface area contributed by atoms with E-state index in [0.717, 1.165) is 6.07 Å². The molecule has 1 aliphatic heterocycles. The molecule has 8 nitrogen and oxygen atoms in total. The van der Waals surface area contributed by atoms with E-state index in [-0.39, 0.29) is 30.6 Å². The van der Waals surface area contributed by atoms with Gasteiger partial charge in [0.25, 0.3) is 5.69 Å². The first-order valence-corrected chi connectivity index (χ1v) is 8.98. The predicted octanol–water partition coefficient (Wildman–Crippen LogP) is 4.42. The number of aryl methyl sites for hydroxylation is 1. The zero-order valence-corrected chi connectivity index (χ0v) is 15.9. The SMILES string of the molecule is Cc1cc(NC(=O)C2CCN(c3cc(Cl)c(C(F)(F)F)cc3[N+](=O)[O-])CC2)no1. The Morgan fingerprint density at radius 3 is 2.52 bits per heavy atom. The van der Waals surface area contributed by atoms with Crippen molar-refractivity contribution >= 4 is 34.7 Å². The molecule has 3 rings (SSSR count). The van der Waals surface area contributed by atoms with Crippen LogP contribution in [0, 0.1) is 23.0 Å². The number of hydrogen-bond donors (Lipinski definition) is 1. The smallest absolute Gasteiger partial charge is 0.366 e. The summed E-state index contributed by atoms with van der Waals surface area (Å²) in [6, 6.07) is 2.98. The van der Waals surface area contributed by atoms with Crippen LogP contribution in [-0.4, -0.2) is 29.1 Å². The van der Waals surface area contributed by atoms with Crippen molar-refractivity contribution in [2.75, 3.05) is 23.3 Å². The van der Waals surface area contributed by atoms with Crippen LogP contribution in [-0.2, 0) is 11.0 Å². The summed E-state index contributed by atoms with van der Waals surface area (Å²) < 4.78 is 43.9. The van der Waals surface area contributed by atoms with E-state index in [4.69, 9.17) is 16.1 Å². The molecule has 0 spiro atoms. The first-order valence-electron chi connectivity index (χ1n) is 8.60. The van der Waals surface area contributed by atoms with Crippen LogP contribution in [0.4, 0.5) is 30.4 Å². The van der Waals surface area contributed by atoms with E-state index in [1.54, 1.807) is 17.9 Å². The van der Waals surface area contributed by atoms with Gasteiger partial charge in [-0.05, 0) is 25.8 Å². The van der Waals surface area contributed by atoms with Crippen LogP contribution in [0.1, 0.15) is 24.2 Å². The lowest BCUT2D eigenvalue weighted by Crippen LogP contribution is -2.38.